The fourth-order valence-electron chi connectivity index (χ4n) is 2.04. The van der Waals surface area contributed by atoms with Crippen LogP contribution in [0.3, 0.4) is 0 Å². The first kappa shape index (κ1) is 12.3. The molecule has 0 unspecified atom stereocenters. The van der Waals surface area contributed by atoms with Crippen LogP contribution in [0.25, 0.3) is 10.9 Å². The van der Waals surface area contributed by atoms with E-state index in [9.17, 15) is 4.79 Å². The molecule has 0 aliphatic rings. The molecule has 0 aliphatic carbocycles. The summed E-state index contributed by atoms with van der Waals surface area (Å²) in [5.74, 6) is 0.0279. The van der Waals surface area contributed by atoms with Gasteiger partial charge in [0, 0.05) is 17.0 Å². The number of nitrogens with one attached hydrogen (secondary N) is 1. The number of aromatic amines is 1. The Morgan fingerprint density at radius 2 is 2.10 bits per heavy atom. The van der Waals surface area contributed by atoms with Gasteiger partial charge in [0.15, 0.2) is 5.78 Å². The van der Waals surface area contributed by atoms with E-state index in [1.807, 2.05) is 30.3 Å². The number of ketones is 1. The molecule has 0 atom stereocenters. The molecule has 1 N–H and O–H groups in total. The van der Waals surface area contributed by atoms with Crippen molar-refractivity contribution in [1.29, 1.82) is 0 Å². The number of fused-ring (bicyclic) bond motifs is 1. The zero-order chi connectivity index (χ0) is 13.9. The number of nitrogens with zero attached hydrogens (tertiary/aromatic N) is 2. The average molecular weight is 264 g/mol. The average Bonchev–Trinajstić information content (AvgIpc) is 2.88. The number of carbonyl (C=O) groups is 1. The first-order chi connectivity index (χ1) is 9.72. The Kier molecular flexibility index (Phi) is 3.13. The van der Waals surface area contributed by atoms with Crippen LogP contribution >= 0.6 is 0 Å². The molecule has 2 heterocycles. The molecule has 2 aromatic heterocycles. The number of H-pyrrole nitrogens is 1. The van der Waals surface area contributed by atoms with Gasteiger partial charge in [-0.3, -0.25) is 4.79 Å². The normalized spacial score (nSPS) is 11.2. The summed E-state index contributed by atoms with van der Waals surface area (Å²) in [5, 5.41) is 5.47. The Bertz CT molecular complexity index is 769. The van der Waals surface area contributed by atoms with Crippen molar-refractivity contribution < 1.29 is 9.47 Å². The van der Waals surface area contributed by atoms with Gasteiger partial charge in [-0.1, -0.05) is 22.9 Å². The van der Waals surface area contributed by atoms with Gasteiger partial charge in [-0.25, -0.2) is 0 Å². The van der Waals surface area contributed by atoms with E-state index in [0.717, 1.165) is 16.6 Å². The maximum atomic E-state index is 11.3. The Morgan fingerprint density at radius 1 is 1.25 bits per heavy atom. The molecular weight excluding hydrogens is 250 g/mol. The van der Waals surface area contributed by atoms with Gasteiger partial charge in [-0.15, -0.1) is 0 Å². The monoisotopic (exact) mass is 264 g/mol. The lowest BCUT2D eigenvalue weighted by atomic mass is 10.2. The smallest absolute Gasteiger partial charge is 0.213 e. The van der Waals surface area contributed by atoms with Crippen LogP contribution in [0.5, 0.6) is 0 Å². The van der Waals surface area contributed by atoms with Gasteiger partial charge in [0.2, 0.25) is 12.4 Å². The minimum atomic E-state index is 0.0279. The number of benzene rings is 1. The molecule has 1 aromatic carbocycles. The van der Waals surface area contributed by atoms with Crippen molar-refractivity contribution in [2.45, 2.75) is 6.92 Å². The van der Waals surface area contributed by atoms with Crippen LogP contribution < -0.4 is 4.68 Å². The van der Waals surface area contributed by atoms with Crippen LogP contribution in [0.2, 0.25) is 0 Å². The number of para-hydroxylation sites is 1. The number of pyridine rings is 1. The summed E-state index contributed by atoms with van der Waals surface area (Å²) in [4.78, 5) is 14.6. The van der Waals surface area contributed by atoms with Gasteiger partial charge in [0.05, 0.1) is 11.3 Å². The minimum absolute atomic E-state index is 0.0279. The Balaban J connectivity index is 1.89. The van der Waals surface area contributed by atoms with E-state index < -0.39 is 0 Å². The van der Waals surface area contributed by atoms with Gasteiger partial charge in [0.1, 0.15) is 6.21 Å². The maximum Gasteiger partial charge on any atom is 0.213 e. The fraction of sp³-hybridized carbons (Fsp3) is 0.0625. The van der Waals surface area contributed by atoms with Gasteiger partial charge >= 0.3 is 0 Å². The second kappa shape index (κ2) is 5.09. The zero-order valence-electron chi connectivity index (χ0n) is 11.1. The molecule has 0 aliphatic heterocycles. The van der Waals surface area contributed by atoms with Crippen molar-refractivity contribution in [1.82, 2.24) is 4.98 Å². The van der Waals surface area contributed by atoms with Crippen molar-refractivity contribution in [3.8, 4) is 0 Å². The predicted molar refractivity (Wildman–Crippen MR) is 77.9 cm³/mol. The third-order valence-corrected chi connectivity index (χ3v) is 3.07. The minimum Gasteiger partial charge on any atom is -0.354 e. The summed E-state index contributed by atoms with van der Waals surface area (Å²) in [6.07, 6.45) is 5.25. The summed E-state index contributed by atoms with van der Waals surface area (Å²) in [6, 6.07) is 13.7. The lowest BCUT2D eigenvalue weighted by molar-refractivity contribution is -0.678. The van der Waals surface area contributed by atoms with Crippen LogP contribution in [-0.2, 0) is 0 Å². The second-order valence-corrected chi connectivity index (χ2v) is 4.59. The largest absolute Gasteiger partial charge is 0.354 e. The van der Waals surface area contributed by atoms with E-state index in [0.29, 0.717) is 5.56 Å². The molecule has 4 nitrogen and oxygen atoms in total. The van der Waals surface area contributed by atoms with Crippen molar-refractivity contribution >= 4 is 22.9 Å². The van der Waals surface area contributed by atoms with Crippen LogP contribution in [0.1, 0.15) is 23.0 Å². The highest BCUT2D eigenvalue weighted by Crippen LogP contribution is 2.13. The Labute approximate surface area is 116 Å². The first-order valence-corrected chi connectivity index (χ1v) is 6.37. The topological polar surface area (TPSA) is 49.1 Å². The molecule has 0 amide bonds. The van der Waals surface area contributed by atoms with E-state index in [-0.39, 0.29) is 5.78 Å². The highest BCUT2D eigenvalue weighted by molar-refractivity contribution is 5.93. The van der Waals surface area contributed by atoms with Gasteiger partial charge in [-0.2, -0.15) is 0 Å². The molecule has 0 radical (unpaired) electrons. The molecule has 0 bridgehead atoms. The number of hydrogen-bond donors (Lipinski definition) is 1. The predicted octanol–water partition coefficient (Wildman–Crippen LogP) is 2.54. The summed E-state index contributed by atoms with van der Waals surface area (Å²) < 4.78 is 1.63. The van der Waals surface area contributed by atoms with Gasteiger partial charge in [0.25, 0.3) is 0 Å². The van der Waals surface area contributed by atoms with Crippen molar-refractivity contribution in [2.75, 3.05) is 0 Å². The molecule has 3 rings (SSSR count). The molecule has 0 spiro atoms. The van der Waals surface area contributed by atoms with Gasteiger partial charge in [-0.05, 0) is 30.2 Å². The third-order valence-electron chi connectivity index (χ3n) is 3.07. The highest BCUT2D eigenvalue weighted by atomic mass is 16.1. The van der Waals surface area contributed by atoms with E-state index in [1.54, 1.807) is 42.3 Å². The SMILES string of the molecule is CC(=O)c1ccc[n+](/N=C/c2cc3ccccc3[nH]2)c1. The summed E-state index contributed by atoms with van der Waals surface area (Å²) in [6.45, 7) is 1.54. The maximum absolute atomic E-state index is 11.3. The van der Waals surface area contributed by atoms with Crippen LogP contribution in [0, 0.1) is 0 Å². The summed E-state index contributed by atoms with van der Waals surface area (Å²) >= 11 is 0. The quantitative estimate of drug-likeness (QED) is 0.441. The molecule has 0 fully saturated rings. The van der Waals surface area contributed by atoms with E-state index in [4.69, 9.17) is 0 Å². The number of rotatable bonds is 3. The first-order valence-electron chi connectivity index (χ1n) is 6.37. The number of aromatic nitrogens is 2. The van der Waals surface area contributed by atoms with E-state index in [1.165, 1.54) is 0 Å². The molecule has 0 saturated heterocycles. The second-order valence-electron chi connectivity index (χ2n) is 4.59. The summed E-state index contributed by atoms with van der Waals surface area (Å²) in [7, 11) is 0. The highest BCUT2D eigenvalue weighted by Gasteiger charge is 2.05. The van der Waals surface area contributed by atoms with E-state index >= 15 is 0 Å². The molecular formula is C16H14N3O+. The molecule has 4 heteroatoms. The van der Waals surface area contributed by atoms with Crippen molar-refractivity contribution in [3.05, 3.63) is 66.1 Å². The third kappa shape index (κ3) is 2.49. The summed E-state index contributed by atoms with van der Waals surface area (Å²) in [5.41, 5.74) is 2.64. The Morgan fingerprint density at radius 3 is 2.90 bits per heavy atom. The van der Waals surface area contributed by atoms with Crippen LogP contribution in [0.4, 0.5) is 0 Å². The van der Waals surface area contributed by atoms with Crippen molar-refractivity contribution in [3.63, 3.8) is 0 Å². The molecule has 98 valence electrons. The van der Waals surface area contributed by atoms with Gasteiger partial charge < -0.3 is 4.98 Å². The lowest BCUT2D eigenvalue weighted by Gasteiger charge is -1.90. The number of Topliss-reactive ketones (excluding diaryl/α,β-unsaturated/α-hetero) is 1. The number of carbonyl (C=O) groups excluding carboxylic acids is 1. The standard InChI is InChI=1S/C16H14N3O/c1-12(20)14-6-4-8-19(11-14)17-10-15-9-13-5-2-3-7-16(13)18-15/h2-11,18H,1H3/q+1/b17-10+. The molecule has 3 aromatic rings. The van der Waals surface area contributed by atoms with Crippen LogP contribution in [-0.4, -0.2) is 17.0 Å². The Hall–Kier alpha value is -2.75. The molecule has 20 heavy (non-hydrogen) atoms. The molecule has 0 saturated carbocycles. The number of hydrogen-bond acceptors (Lipinski definition) is 2. The lowest BCUT2D eigenvalue weighted by Crippen LogP contribution is -2.27. The fourth-order valence-corrected chi connectivity index (χ4v) is 2.04. The zero-order valence-corrected chi connectivity index (χ0v) is 11.1. The van der Waals surface area contributed by atoms with Crippen molar-refractivity contribution in [2.24, 2.45) is 5.10 Å². The van der Waals surface area contributed by atoms with Crippen LogP contribution in [0.15, 0.2) is 60.0 Å². The van der Waals surface area contributed by atoms with E-state index in [2.05, 4.69) is 10.1 Å².